The molecule has 0 N–H and O–H groups in total. The highest BCUT2D eigenvalue weighted by Crippen LogP contribution is 2.18. The normalized spacial score (nSPS) is 14.1. The van der Waals surface area contributed by atoms with Gasteiger partial charge < -0.3 is 9.47 Å². The second-order valence-corrected chi connectivity index (χ2v) is 5.74. The number of aryl methyl sites for hydroxylation is 3. The van der Waals surface area contributed by atoms with E-state index in [0.717, 1.165) is 25.1 Å². The molecule has 2 aromatic rings. The highest BCUT2D eigenvalue weighted by molar-refractivity contribution is 5.76. The van der Waals surface area contributed by atoms with Gasteiger partial charge in [-0.15, -0.1) is 0 Å². The van der Waals surface area contributed by atoms with E-state index in [0.29, 0.717) is 13.0 Å². The molecule has 1 aliphatic heterocycles. The van der Waals surface area contributed by atoms with E-state index in [4.69, 9.17) is 0 Å². The molecule has 0 radical (unpaired) electrons. The number of imidazole rings is 1. The van der Waals surface area contributed by atoms with Gasteiger partial charge in [0.05, 0.1) is 24.3 Å². The van der Waals surface area contributed by atoms with Gasteiger partial charge in [-0.1, -0.05) is 24.3 Å². The van der Waals surface area contributed by atoms with Crippen LogP contribution in [-0.4, -0.2) is 26.9 Å². The number of aromatic nitrogens is 2. The van der Waals surface area contributed by atoms with Crippen molar-refractivity contribution in [3.63, 3.8) is 0 Å². The van der Waals surface area contributed by atoms with E-state index in [1.54, 1.807) is 0 Å². The number of fused-ring (bicyclic) bond motifs is 1. The molecule has 1 aromatic carbocycles. The Morgan fingerprint density at radius 1 is 1.33 bits per heavy atom. The maximum atomic E-state index is 12.4. The lowest BCUT2D eigenvalue weighted by atomic mass is 10.0. The highest BCUT2D eigenvalue weighted by Gasteiger charge is 2.23. The third-order valence-electron chi connectivity index (χ3n) is 4.33. The first-order chi connectivity index (χ1) is 10.1. The number of benzene rings is 1. The van der Waals surface area contributed by atoms with Gasteiger partial charge in [0.1, 0.15) is 0 Å². The van der Waals surface area contributed by atoms with Crippen LogP contribution in [-0.2, 0) is 31.2 Å². The quantitative estimate of drug-likeness (QED) is 0.866. The standard InChI is InChI=1S/C17H21N3O/c1-13-5-3-4-6-14(13)7-8-17(21)20-10-9-15-16(11-20)19(2)12-18-15/h3-6,12H,7-11H2,1-2H3. The lowest BCUT2D eigenvalue weighted by molar-refractivity contribution is -0.132. The van der Waals surface area contributed by atoms with Crippen LogP contribution in [0.2, 0.25) is 0 Å². The van der Waals surface area contributed by atoms with Crippen LogP contribution in [0, 0.1) is 6.92 Å². The molecule has 0 atom stereocenters. The Balaban J connectivity index is 1.62. The molecule has 0 fully saturated rings. The van der Waals surface area contributed by atoms with Gasteiger partial charge in [-0.3, -0.25) is 4.79 Å². The summed E-state index contributed by atoms with van der Waals surface area (Å²) >= 11 is 0. The summed E-state index contributed by atoms with van der Waals surface area (Å²) in [5.41, 5.74) is 4.84. The fourth-order valence-electron chi connectivity index (χ4n) is 2.92. The number of amides is 1. The van der Waals surface area contributed by atoms with Gasteiger partial charge in [0, 0.05) is 26.4 Å². The van der Waals surface area contributed by atoms with E-state index in [9.17, 15) is 4.79 Å². The Kier molecular flexibility index (Phi) is 3.78. The first-order valence-electron chi connectivity index (χ1n) is 7.46. The molecule has 110 valence electrons. The minimum atomic E-state index is 0.241. The van der Waals surface area contributed by atoms with Gasteiger partial charge in [-0.05, 0) is 24.5 Å². The van der Waals surface area contributed by atoms with Crippen molar-refractivity contribution in [2.45, 2.75) is 32.7 Å². The molecule has 0 aliphatic carbocycles. The molecule has 4 nitrogen and oxygen atoms in total. The molecular weight excluding hydrogens is 262 g/mol. The summed E-state index contributed by atoms with van der Waals surface area (Å²) in [6.07, 6.45) is 4.11. The molecule has 0 spiro atoms. The maximum absolute atomic E-state index is 12.4. The number of hydrogen-bond donors (Lipinski definition) is 0. The zero-order valence-corrected chi connectivity index (χ0v) is 12.7. The average molecular weight is 283 g/mol. The second kappa shape index (κ2) is 5.72. The molecule has 0 saturated carbocycles. The van der Waals surface area contributed by atoms with E-state index in [-0.39, 0.29) is 5.91 Å². The van der Waals surface area contributed by atoms with Gasteiger partial charge in [-0.25, -0.2) is 4.98 Å². The van der Waals surface area contributed by atoms with Crippen LogP contribution in [0.4, 0.5) is 0 Å². The SMILES string of the molecule is Cc1ccccc1CCC(=O)N1CCc2ncn(C)c2C1. The molecule has 4 heteroatoms. The minimum Gasteiger partial charge on any atom is -0.336 e. The minimum absolute atomic E-state index is 0.241. The number of hydrogen-bond acceptors (Lipinski definition) is 2. The van der Waals surface area contributed by atoms with Gasteiger partial charge in [0.25, 0.3) is 0 Å². The molecule has 0 saturated heterocycles. The molecule has 2 heterocycles. The monoisotopic (exact) mass is 283 g/mol. The summed E-state index contributed by atoms with van der Waals surface area (Å²) in [5.74, 6) is 0.241. The Hall–Kier alpha value is -2.10. The Morgan fingerprint density at radius 2 is 2.14 bits per heavy atom. The lowest BCUT2D eigenvalue weighted by Gasteiger charge is -2.27. The molecule has 0 bridgehead atoms. The molecule has 1 aliphatic rings. The molecule has 3 rings (SSSR count). The van der Waals surface area contributed by atoms with Crippen molar-refractivity contribution >= 4 is 5.91 Å². The van der Waals surface area contributed by atoms with E-state index < -0.39 is 0 Å². The summed E-state index contributed by atoms with van der Waals surface area (Å²) in [6, 6.07) is 8.28. The van der Waals surface area contributed by atoms with Crippen LogP contribution in [0.5, 0.6) is 0 Å². The van der Waals surface area contributed by atoms with Gasteiger partial charge in [0.2, 0.25) is 5.91 Å². The average Bonchev–Trinajstić information content (AvgIpc) is 2.87. The third-order valence-corrected chi connectivity index (χ3v) is 4.33. The van der Waals surface area contributed by atoms with Crippen molar-refractivity contribution in [3.05, 3.63) is 53.1 Å². The fraction of sp³-hybridized carbons (Fsp3) is 0.412. The predicted molar refractivity (Wildman–Crippen MR) is 81.8 cm³/mol. The summed E-state index contributed by atoms with van der Waals surface area (Å²) < 4.78 is 2.02. The molecular formula is C17H21N3O. The predicted octanol–water partition coefficient (Wildman–Crippen LogP) is 2.25. The van der Waals surface area contributed by atoms with Crippen LogP contribution >= 0.6 is 0 Å². The zero-order valence-electron chi connectivity index (χ0n) is 12.7. The highest BCUT2D eigenvalue weighted by atomic mass is 16.2. The van der Waals surface area contributed by atoms with Crippen molar-refractivity contribution in [1.29, 1.82) is 0 Å². The van der Waals surface area contributed by atoms with Crippen LogP contribution < -0.4 is 0 Å². The van der Waals surface area contributed by atoms with E-state index in [2.05, 4.69) is 24.0 Å². The van der Waals surface area contributed by atoms with Crippen molar-refractivity contribution < 1.29 is 4.79 Å². The van der Waals surface area contributed by atoms with Crippen molar-refractivity contribution in [2.75, 3.05) is 6.54 Å². The molecule has 21 heavy (non-hydrogen) atoms. The third kappa shape index (κ3) is 2.84. The first kappa shape index (κ1) is 13.9. The number of carbonyl (C=O) groups is 1. The first-order valence-corrected chi connectivity index (χ1v) is 7.46. The zero-order chi connectivity index (χ0) is 14.8. The number of rotatable bonds is 3. The molecule has 1 aromatic heterocycles. The van der Waals surface area contributed by atoms with E-state index >= 15 is 0 Å². The maximum Gasteiger partial charge on any atom is 0.223 e. The largest absolute Gasteiger partial charge is 0.336 e. The van der Waals surface area contributed by atoms with Gasteiger partial charge in [0.15, 0.2) is 0 Å². The van der Waals surface area contributed by atoms with E-state index in [1.807, 2.05) is 35.0 Å². The summed E-state index contributed by atoms with van der Waals surface area (Å²) in [5, 5.41) is 0. The van der Waals surface area contributed by atoms with Crippen LogP contribution in [0.3, 0.4) is 0 Å². The Bertz CT molecular complexity index is 660. The molecule has 0 unspecified atom stereocenters. The summed E-state index contributed by atoms with van der Waals surface area (Å²) in [4.78, 5) is 18.8. The number of nitrogens with zero attached hydrogens (tertiary/aromatic N) is 3. The van der Waals surface area contributed by atoms with Crippen molar-refractivity contribution in [1.82, 2.24) is 14.5 Å². The van der Waals surface area contributed by atoms with Crippen molar-refractivity contribution in [2.24, 2.45) is 7.05 Å². The van der Waals surface area contributed by atoms with Crippen LogP contribution in [0.1, 0.15) is 28.9 Å². The molecule has 1 amide bonds. The van der Waals surface area contributed by atoms with Crippen LogP contribution in [0.15, 0.2) is 30.6 Å². The smallest absolute Gasteiger partial charge is 0.223 e. The van der Waals surface area contributed by atoms with Crippen molar-refractivity contribution in [3.8, 4) is 0 Å². The Labute approximate surface area is 125 Å². The van der Waals surface area contributed by atoms with Crippen LogP contribution in [0.25, 0.3) is 0 Å². The lowest BCUT2D eigenvalue weighted by Crippen LogP contribution is -2.36. The Morgan fingerprint density at radius 3 is 2.95 bits per heavy atom. The van der Waals surface area contributed by atoms with Gasteiger partial charge >= 0.3 is 0 Å². The van der Waals surface area contributed by atoms with E-state index in [1.165, 1.54) is 16.8 Å². The topological polar surface area (TPSA) is 38.1 Å². The number of carbonyl (C=O) groups excluding carboxylic acids is 1. The summed E-state index contributed by atoms with van der Waals surface area (Å²) in [6.45, 7) is 3.58. The fourth-order valence-corrected chi connectivity index (χ4v) is 2.92. The summed E-state index contributed by atoms with van der Waals surface area (Å²) in [7, 11) is 1.99. The second-order valence-electron chi connectivity index (χ2n) is 5.74. The van der Waals surface area contributed by atoms with Gasteiger partial charge in [-0.2, -0.15) is 0 Å².